The molecule has 1 N–H and O–H groups in total. The molecule has 0 saturated carbocycles. The largest absolute Gasteiger partial charge is 0.497 e. The topological polar surface area (TPSA) is 50.3 Å². The Bertz CT molecular complexity index is 570. The van der Waals surface area contributed by atoms with Crippen molar-refractivity contribution in [2.45, 2.75) is 19.4 Å². The van der Waals surface area contributed by atoms with Crippen molar-refractivity contribution in [3.05, 3.63) is 35.7 Å². The lowest BCUT2D eigenvalue weighted by Crippen LogP contribution is -2.26. The number of likely N-dealkylation sites (N-methyl/N-ethyl adjacent to an activating group) is 1. The summed E-state index contributed by atoms with van der Waals surface area (Å²) >= 11 is 1.42. The van der Waals surface area contributed by atoms with Crippen LogP contribution in [0.4, 0.5) is 5.13 Å². The summed E-state index contributed by atoms with van der Waals surface area (Å²) in [4.78, 5) is 6.62. The highest BCUT2D eigenvalue weighted by Crippen LogP contribution is 2.23. The maximum atomic E-state index is 5.31. The van der Waals surface area contributed by atoms with Crippen LogP contribution in [-0.4, -0.2) is 42.0 Å². The summed E-state index contributed by atoms with van der Waals surface area (Å²) in [5, 5.41) is 4.26. The SMILES string of the molecule is CCc1nsc(NCC(c2cccc(OC)c2)N(C)C)n1. The third-order valence-corrected chi connectivity index (χ3v) is 4.04. The van der Waals surface area contributed by atoms with Gasteiger partial charge >= 0.3 is 0 Å². The van der Waals surface area contributed by atoms with Crippen molar-refractivity contribution in [2.24, 2.45) is 0 Å². The van der Waals surface area contributed by atoms with E-state index in [-0.39, 0.29) is 6.04 Å². The molecule has 6 heteroatoms. The molecular formula is C15H22N4OS. The van der Waals surface area contributed by atoms with Crippen LogP contribution in [0.5, 0.6) is 5.75 Å². The van der Waals surface area contributed by atoms with Gasteiger partial charge < -0.3 is 15.0 Å². The molecule has 1 heterocycles. The Morgan fingerprint density at radius 1 is 1.38 bits per heavy atom. The Balaban J connectivity index is 2.08. The molecule has 0 fully saturated rings. The van der Waals surface area contributed by atoms with Crippen LogP contribution in [0.15, 0.2) is 24.3 Å². The van der Waals surface area contributed by atoms with Crippen molar-refractivity contribution >= 4 is 16.7 Å². The van der Waals surface area contributed by atoms with Gasteiger partial charge in [0.05, 0.1) is 13.2 Å². The third kappa shape index (κ3) is 4.15. The fraction of sp³-hybridized carbons (Fsp3) is 0.467. The van der Waals surface area contributed by atoms with Gasteiger partial charge in [-0.25, -0.2) is 4.98 Å². The number of anilines is 1. The van der Waals surface area contributed by atoms with Crippen molar-refractivity contribution in [3.63, 3.8) is 0 Å². The van der Waals surface area contributed by atoms with Gasteiger partial charge in [0.25, 0.3) is 0 Å². The number of ether oxygens (including phenoxy) is 1. The van der Waals surface area contributed by atoms with E-state index in [2.05, 4.69) is 52.7 Å². The average molecular weight is 306 g/mol. The molecule has 0 spiro atoms. The maximum Gasteiger partial charge on any atom is 0.202 e. The lowest BCUT2D eigenvalue weighted by atomic mass is 10.1. The first-order valence-electron chi connectivity index (χ1n) is 7.01. The number of nitrogens with one attached hydrogen (secondary N) is 1. The first kappa shape index (κ1) is 15.7. The minimum Gasteiger partial charge on any atom is -0.497 e. The zero-order chi connectivity index (χ0) is 15.2. The molecule has 1 atom stereocenters. The average Bonchev–Trinajstić information content (AvgIpc) is 2.95. The number of benzene rings is 1. The molecule has 1 unspecified atom stereocenters. The number of rotatable bonds is 7. The van der Waals surface area contributed by atoms with E-state index in [1.165, 1.54) is 17.1 Å². The standard InChI is InChI=1S/C15H22N4OS/c1-5-14-17-15(21-18-14)16-10-13(19(2)3)11-7-6-8-12(9-11)20-4/h6-9,13H,5,10H2,1-4H3,(H,16,17,18). The predicted molar refractivity (Wildman–Crippen MR) is 87.2 cm³/mol. The van der Waals surface area contributed by atoms with E-state index in [1.807, 2.05) is 12.1 Å². The van der Waals surface area contributed by atoms with Crippen molar-refractivity contribution in [1.82, 2.24) is 14.3 Å². The summed E-state index contributed by atoms with van der Waals surface area (Å²) in [6.07, 6.45) is 0.866. The smallest absolute Gasteiger partial charge is 0.202 e. The van der Waals surface area contributed by atoms with Crippen molar-refractivity contribution in [3.8, 4) is 5.75 Å². The zero-order valence-electron chi connectivity index (χ0n) is 13.0. The molecule has 0 bridgehead atoms. The highest BCUT2D eigenvalue weighted by Gasteiger charge is 2.15. The molecular weight excluding hydrogens is 284 g/mol. The first-order valence-corrected chi connectivity index (χ1v) is 7.78. The van der Waals surface area contributed by atoms with Crippen molar-refractivity contribution in [2.75, 3.05) is 33.1 Å². The molecule has 0 aliphatic heterocycles. The van der Waals surface area contributed by atoms with Gasteiger partial charge in [0.1, 0.15) is 11.6 Å². The van der Waals surface area contributed by atoms with E-state index < -0.39 is 0 Å². The number of aryl methyl sites for hydroxylation is 1. The van der Waals surface area contributed by atoms with Crippen LogP contribution in [0.25, 0.3) is 0 Å². The van der Waals surface area contributed by atoms with Gasteiger partial charge in [-0.2, -0.15) is 4.37 Å². The summed E-state index contributed by atoms with van der Waals surface area (Å²) in [5.41, 5.74) is 1.21. The number of hydrogen-bond acceptors (Lipinski definition) is 6. The molecule has 0 radical (unpaired) electrons. The Morgan fingerprint density at radius 2 is 2.19 bits per heavy atom. The number of nitrogens with zero attached hydrogens (tertiary/aromatic N) is 3. The molecule has 21 heavy (non-hydrogen) atoms. The predicted octanol–water partition coefficient (Wildman–Crippen LogP) is 2.82. The monoisotopic (exact) mass is 306 g/mol. The molecule has 2 rings (SSSR count). The highest BCUT2D eigenvalue weighted by atomic mass is 32.1. The van der Waals surface area contributed by atoms with E-state index in [9.17, 15) is 0 Å². The summed E-state index contributed by atoms with van der Waals surface area (Å²) < 4.78 is 9.60. The molecule has 0 saturated heterocycles. The van der Waals surface area contributed by atoms with E-state index in [0.29, 0.717) is 0 Å². The lowest BCUT2D eigenvalue weighted by molar-refractivity contribution is 0.310. The molecule has 0 amide bonds. The van der Waals surface area contributed by atoms with Crippen LogP contribution in [0.2, 0.25) is 0 Å². The number of aromatic nitrogens is 2. The second kappa shape index (κ2) is 7.38. The molecule has 1 aromatic heterocycles. The Morgan fingerprint density at radius 3 is 2.81 bits per heavy atom. The van der Waals surface area contributed by atoms with Gasteiger partial charge in [-0.05, 0) is 31.8 Å². The molecule has 0 aliphatic rings. The van der Waals surface area contributed by atoms with Crippen LogP contribution >= 0.6 is 11.5 Å². The van der Waals surface area contributed by atoms with Crippen LogP contribution < -0.4 is 10.1 Å². The van der Waals surface area contributed by atoms with Crippen LogP contribution in [0.1, 0.15) is 24.4 Å². The fourth-order valence-corrected chi connectivity index (χ4v) is 2.76. The van der Waals surface area contributed by atoms with Gasteiger partial charge in [0.2, 0.25) is 5.13 Å². The lowest BCUT2D eigenvalue weighted by Gasteiger charge is -2.25. The second-order valence-corrected chi connectivity index (χ2v) is 5.76. The second-order valence-electron chi connectivity index (χ2n) is 5.01. The van der Waals surface area contributed by atoms with Gasteiger partial charge in [0.15, 0.2) is 0 Å². The van der Waals surface area contributed by atoms with Gasteiger partial charge in [-0.1, -0.05) is 19.1 Å². The van der Waals surface area contributed by atoms with Gasteiger partial charge in [-0.15, -0.1) is 0 Å². The van der Waals surface area contributed by atoms with E-state index in [1.54, 1.807) is 7.11 Å². The minimum absolute atomic E-state index is 0.245. The normalized spacial score (nSPS) is 12.4. The molecule has 114 valence electrons. The van der Waals surface area contributed by atoms with Crippen molar-refractivity contribution in [1.29, 1.82) is 0 Å². The Labute approximate surface area is 130 Å². The Kier molecular flexibility index (Phi) is 5.52. The van der Waals surface area contributed by atoms with Crippen LogP contribution in [-0.2, 0) is 6.42 Å². The Hall–Kier alpha value is -1.66. The molecule has 1 aromatic carbocycles. The third-order valence-electron chi connectivity index (χ3n) is 3.33. The summed E-state index contributed by atoms with van der Waals surface area (Å²) in [7, 11) is 5.84. The number of methoxy groups -OCH3 is 1. The van der Waals surface area contributed by atoms with Crippen molar-refractivity contribution < 1.29 is 4.74 Å². The summed E-state index contributed by atoms with van der Waals surface area (Å²) in [6.45, 7) is 2.84. The highest BCUT2D eigenvalue weighted by molar-refractivity contribution is 7.09. The quantitative estimate of drug-likeness (QED) is 0.852. The molecule has 0 aliphatic carbocycles. The molecule has 2 aromatic rings. The van der Waals surface area contributed by atoms with E-state index in [0.717, 1.165) is 29.7 Å². The number of hydrogen-bond donors (Lipinski definition) is 1. The van der Waals surface area contributed by atoms with Crippen LogP contribution in [0.3, 0.4) is 0 Å². The zero-order valence-corrected chi connectivity index (χ0v) is 13.8. The van der Waals surface area contributed by atoms with Crippen LogP contribution in [0, 0.1) is 0 Å². The summed E-state index contributed by atoms with van der Waals surface area (Å²) in [6, 6.07) is 8.41. The van der Waals surface area contributed by atoms with Gasteiger partial charge in [0, 0.05) is 24.5 Å². The minimum atomic E-state index is 0.245. The molecule has 5 nitrogen and oxygen atoms in total. The van der Waals surface area contributed by atoms with Gasteiger partial charge in [-0.3, -0.25) is 0 Å². The fourth-order valence-electron chi connectivity index (χ4n) is 2.10. The first-order chi connectivity index (χ1) is 10.1. The van der Waals surface area contributed by atoms with E-state index in [4.69, 9.17) is 4.74 Å². The van der Waals surface area contributed by atoms with E-state index >= 15 is 0 Å². The summed E-state index contributed by atoms with van der Waals surface area (Å²) in [5.74, 6) is 1.77. The maximum absolute atomic E-state index is 5.31.